The topological polar surface area (TPSA) is 53.4 Å². The van der Waals surface area contributed by atoms with Crippen LogP contribution in [0.5, 0.6) is 0 Å². The molecule has 0 unspecified atom stereocenters. The lowest BCUT2D eigenvalue weighted by Crippen LogP contribution is -2.27. The Kier molecular flexibility index (Phi) is 3.08. The van der Waals surface area contributed by atoms with E-state index >= 15 is 0 Å². The monoisotopic (exact) mass is 220 g/mol. The number of aromatic nitrogens is 1. The molecule has 1 aliphatic rings. The first-order valence-electron chi connectivity index (χ1n) is 5.68. The molecule has 4 heteroatoms. The smallest absolute Gasteiger partial charge is 0.337 e. The summed E-state index contributed by atoms with van der Waals surface area (Å²) in [4.78, 5) is 17.2. The Morgan fingerprint density at radius 3 is 2.75 bits per heavy atom. The molecule has 1 heterocycles. The summed E-state index contributed by atoms with van der Waals surface area (Å²) in [6.07, 6.45) is 4.96. The number of carboxylic acids is 1. The minimum absolute atomic E-state index is 0.246. The molecule has 1 N–H and O–H groups in total. The van der Waals surface area contributed by atoms with Gasteiger partial charge in [0, 0.05) is 18.8 Å². The van der Waals surface area contributed by atoms with Crippen molar-refractivity contribution in [1.29, 1.82) is 0 Å². The second-order valence-corrected chi connectivity index (χ2v) is 4.13. The molecule has 1 saturated carbocycles. The van der Waals surface area contributed by atoms with E-state index in [1.807, 2.05) is 0 Å². The normalized spacial score (nSPS) is 14.8. The highest BCUT2D eigenvalue weighted by atomic mass is 16.4. The van der Waals surface area contributed by atoms with Crippen molar-refractivity contribution in [2.24, 2.45) is 0 Å². The lowest BCUT2D eigenvalue weighted by molar-refractivity contribution is 0.0696. The number of rotatable bonds is 5. The predicted molar refractivity (Wildman–Crippen MR) is 61.9 cm³/mol. The van der Waals surface area contributed by atoms with Crippen molar-refractivity contribution in [3.63, 3.8) is 0 Å². The molecule has 0 saturated heterocycles. The van der Waals surface area contributed by atoms with Crippen LogP contribution in [-0.2, 0) is 0 Å². The summed E-state index contributed by atoms with van der Waals surface area (Å²) in [5, 5.41) is 8.79. The van der Waals surface area contributed by atoms with Gasteiger partial charge in [0.05, 0.1) is 5.56 Å². The third kappa shape index (κ3) is 2.32. The van der Waals surface area contributed by atoms with Crippen molar-refractivity contribution in [1.82, 2.24) is 4.98 Å². The fourth-order valence-corrected chi connectivity index (χ4v) is 1.79. The maximum atomic E-state index is 10.7. The molecule has 16 heavy (non-hydrogen) atoms. The molecule has 0 radical (unpaired) electrons. The molecular formula is C12H16N2O2. The molecule has 0 spiro atoms. The molecule has 0 aliphatic heterocycles. The largest absolute Gasteiger partial charge is 0.478 e. The molecule has 86 valence electrons. The number of hydrogen-bond acceptors (Lipinski definition) is 3. The Balaban J connectivity index is 2.14. The van der Waals surface area contributed by atoms with E-state index in [-0.39, 0.29) is 5.56 Å². The number of carboxylic acid groups (broad SMARTS) is 1. The molecule has 0 amide bonds. The first kappa shape index (κ1) is 10.9. The van der Waals surface area contributed by atoms with Gasteiger partial charge in [0.1, 0.15) is 5.82 Å². The van der Waals surface area contributed by atoms with Crippen molar-refractivity contribution in [2.75, 3.05) is 11.4 Å². The summed E-state index contributed by atoms with van der Waals surface area (Å²) in [6, 6.07) is 4.04. The summed E-state index contributed by atoms with van der Waals surface area (Å²) in [7, 11) is 0. The van der Waals surface area contributed by atoms with Gasteiger partial charge in [-0.1, -0.05) is 6.92 Å². The van der Waals surface area contributed by atoms with Crippen molar-refractivity contribution < 1.29 is 9.90 Å². The van der Waals surface area contributed by atoms with Gasteiger partial charge >= 0.3 is 5.97 Å². The first-order valence-corrected chi connectivity index (χ1v) is 5.68. The van der Waals surface area contributed by atoms with Crippen LogP contribution in [0.15, 0.2) is 18.3 Å². The zero-order chi connectivity index (χ0) is 11.5. The second kappa shape index (κ2) is 4.51. The van der Waals surface area contributed by atoms with Crippen molar-refractivity contribution in [3.05, 3.63) is 23.9 Å². The molecule has 1 aromatic heterocycles. The van der Waals surface area contributed by atoms with Gasteiger partial charge in [-0.2, -0.15) is 0 Å². The van der Waals surface area contributed by atoms with Crippen LogP contribution in [0.25, 0.3) is 0 Å². The first-order chi connectivity index (χ1) is 7.72. The van der Waals surface area contributed by atoms with Crippen molar-refractivity contribution in [2.45, 2.75) is 32.2 Å². The zero-order valence-corrected chi connectivity index (χ0v) is 9.39. The summed E-state index contributed by atoms with van der Waals surface area (Å²) in [6.45, 7) is 3.13. The van der Waals surface area contributed by atoms with E-state index in [0.717, 1.165) is 18.8 Å². The fourth-order valence-electron chi connectivity index (χ4n) is 1.79. The number of hydrogen-bond donors (Lipinski definition) is 1. The average Bonchev–Trinajstić information content (AvgIpc) is 3.10. The van der Waals surface area contributed by atoms with E-state index in [0.29, 0.717) is 6.04 Å². The maximum Gasteiger partial charge on any atom is 0.337 e. The summed E-state index contributed by atoms with van der Waals surface area (Å²) >= 11 is 0. The third-order valence-corrected chi connectivity index (χ3v) is 2.74. The Morgan fingerprint density at radius 2 is 2.31 bits per heavy atom. The van der Waals surface area contributed by atoms with Crippen LogP contribution in [0.1, 0.15) is 36.5 Å². The van der Waals surface area contributed by atoms with E-state index in [1.54, 1.807) is 12.1 Å². The molecule has 0 bridgehead atoms. The van der Waals surface area contributed by atoms with Gasteiger partial charge in [0.15, 0.2) is 0 Å². The van der Waals surface area contributed by atoms with Gasteiger partial charge in [-0.05, 0) is 31.4 Å². The Bertz CT molecular complexity index is 371. The predicted octanol–water partition coefficient (Wildman–Crippen LogP) is 2.16. The van der Waals surface area contributed by atoms with Crippen molar-refractivity contribution in [3.8, 4) is 0 Å². The van der Waals surface area contributed by atoms with E-state index in [2.05, 4.69) is 16.8 Å². The zero-order valence-electron chi connectivity index (χ0n) is 9.39. The molecule has 0 atom stereocenters. The van der Waals surface area contributed by atoms with Gasteiger partial charge < -0.3 is 10.0 Å². The summed E-state index contributed by atoms with van der Waals surface area (Å²) < 4.78 is 0. The van der Waals surface area contributed by atoms with Crippen LogP contribution in [-0.4, -0.2) is 28.6 Å². The van der Waals surface area contributed by atoms with E-state index < -0.39 is 5.97 Å². The number of anilines is 1. The maximum absolute atomic E-state index is 10.7. The van der Waals surface area contributed by atoms with Crippen LogP contribution in [0.3, 0.4) is 0 Å². The van der Waals surface area contributed by atoms with E-state index in [4.69, 9.17) is 5.11 Å². The van der Waals surface area contributed by atoms with Gasteiger partial charge in [-0.15, -0.1) is 0 Å². The minimum atomic E-state index is -0.924. The van der Waals surface area contributed by atoms with E-state index in [9.17, 15) is 4.79 Å². The molecule has 0 aromatic carbocycles. The highest BCUT2D eigenvalue weighted by Gasteiger charge is 2.29. The minimum Gasteiger partial charge on any atom is -0.478 e. The summed E-state index contributed by atoms with van der Waals surface area (Å²) in [5.74, 6) is -0.0261. The van der Waals surface area contributed by atoms with Gasteiger partial charge in [-0.3, -0.25) is 0 Å². The quantitative estimate of drug-likeness (QED) is 0.826. The summed E-state index contributed by atoms with van der Waals surface area (Å²) in [5.41, 5.74) is 0.246. The lowest BCUT2D eigenvalue weighted by atomic mass is 10.2. The number of carbonyl (C=O) groups is 1. The lowest BCUT2D eigenvalue weighted by Gasteiger charge is -2.22. The number of pyridine rings is 1. The Labute approximate surface area is 94.9 Å². The molecular weight excluding hydrogens is 204 g/mol. The molecule has 1 aliphatic carbocycles. The highest BCUT2D eigenvalue weighted by molar-refractivity contribution is 5.87. The SMILES string of the molecule is CCCN(c1ccc(C(=O)O)cn1)C1CC1. The average molecular weight is 220 g/mol. The number of aromatic carboxylic acids is 1. The van der Waals surface area contributed by atoms with Crippen molar-refractivity contribution >= 4 is 11.8 Å². The molecule has 4 nitrogen and oxygen atoms in total. The van der Waals surface area contributed by atoms with Gasteiger partial charge in [0.2, 0.25) is 0 Å². The Hall–Kier alpha value is -1.58. The van der Waals surface area contributed by atoms with Crippen LogP contribution in [0, 0.1) is 0 Å². The van der Waals surface area contributed by atoms with Gasteiger partial charge in [-0.25, -0.2) is 9.78 Å². The van der Waals surface area contributed by atoms with E-state index in [1.165, 1.54) is 19.0 Å². The number of nitrogens with zero attached hydrogens (tertiary/aromatic N) is 2. The van der Waals surface area contributed by atoms with Gasteiger partial charge in [0.25, 0.3) is 0 Å². The second-order valence-electron chi connectivity index (χ2n) is 4.13. The Morgan fingerprint density at radius 1 is 1.56 bits per heavy atom. The standard InChI is InChI=1S/C12H16N2O2/c1-2-7-14(10-4-5-10)11-6-3-9(8-13-11)12(15)16/h3,6,8,10H,2,4-5,7H2,1H3,(H,15,16). The third-order valence-electron chi connectivity index (χ3n) is 2.74. The van der Waals surface area contributed by atoms with Crippen LogP contribution in [0.2, 0.25) is 0 Å². The molecule has 1 aromatic rings. The molecule has 2 rings (SSSR count). The van der Waals surface area contributed by atoms with Crippen LogP contribution < -0.4 is 4.90 Å². The highest BCUT2D eigenvalue weighted by Crippen LogP contribution is 2.30. The van der Waals surface area contributed by atoms with Crippen LogP contribution >= 0.6 is 0 Å². The molecule has 1 fully saturated rings. The fraction of sp³-hybridized carbons (Fsp3) is 0.500. The van der Waals surface area contributed by atoms with Crippen LogP contribution in [0.4, 0.5) is 5.82 Å².